The van der Waals surface area contributed by atoms with Crippen LogP contribution in [0.4, 0.5) is 0 Å². The van der Waals surface area contributed by atoms with Crippen LogP contribution in [0.3, 0.4) is 0 Å². The van der Waals surface area contributed by atoms with E-state index in [1.165, 1.54) is 11.3 Å². The van der Waals surface area contributed by atoms with Crippen molar-refractivity contribution < 1.29 is 14.7 Å². The summed E-state index contributed by atoms with van der Waals surface area (Å²) in [5.41, 5.74) is 2.41. The molecule has 1 amide bonds. The number of hydrogen-bond acceptors (Lipinski definition) is 4. The molecule has 0 spiro atoms. The lowest BCUT2D eigenvalue weighted by molar-refractivity contribution is -0.142. The molecule has 2 aromatic rings. The highest BCUT2D eigenvalue weighted by molar-refractivity contribution is 7.12. The Bertz CT molecular complexity index is 751. The maximum atomic E-state index is 12.9. The topological polar surface area (TPSA) is 75.4 Å². The molecular weight excluding hydrogens is 314 g/mol. The predicted molar refractivity (Wildman–Crippen MR) is 87.2 cm³/mol. The van der Waals surface area contributed by atoms with Crippen molar-refractivity contribution in [1.82, 2.24) is 14.5 Å². The van der Waals surface area contributed by atoms with E-state index in [0.717, 1.165) is 16.5 Å². The number of nitrogens with zero attached hydrogens (tertiary/aromatic N) is 3. The number of aliphatic carboxylic acids is 1. The van der Waals surface area contributed by atoms with Crippen LogP contribution in [0.2, 0.25) is 0 Å². The average Bonchev–Trinajstić information content (AvgIpc) is 3.18. The highest BCUT2D eigenvalue weighted by Crippen LogP contribution is 2.29. The first-order valence-electron chi connectivity index (χ1n) is 7.54. The Morgan fingerprint density at radius 2 is 2.13 bits per heavy atom. The highest BCUT2D eigenvalue weighted by Gasteiger charge is 2.39. The van der Waals surface area contributed by atoms with Crippen molar-refractivity contribution in [3.05, 3.63) is 34.6 Å². The summed E-state index contributed by atoms with van der Waals surface area (Å²) in [5, 5.41) is 12.0. The monoisotopic (exact) mass is 333 g/mol. The molecule has 1 saturated heterocycles. The van der Waals surface area contributed by atoms with Gasteiger partial charge in [-0.25, -0.2) is 4.98 Å². The molecule has 1 aliphatic heterocycles. The fraction of sp³-hybridized carbons (Fsp3) is 0.438. The summed E-state index contributed by atoms with van der Waals surface area (Å²) < 4.78 is 1.97. The maximum absolute atomic E-state index is 12.9. The van der Waals surface area contributed by atoms with Crippen molar-refractivity contribution in [2.24, 2.45) is 5.92 Å². The molecule has 1 N–H and O–H groups in total. The van der Waals surface area contributed by atoms with E-state index >= 15 is 0 Å². The van der Waals surface area contributed by atoms with Crippen LogP contribution in [0.1, 0.15) is 35.1 Å². The van der Waals surface area contributed by atoms with E-state index in [0.29, 0.717) is 18.5 Å². The lowest BCUT2D eigenvalue weighted by atomic mass is 10.0. The minimum Gasteiger partial charge on any atom is -0.481 e. The Hall–Kier alpha value is -2.15. The summed E-state index contributed by atoms with van der Waals surface area (Å²) in [4.78, 5) is 30.1. The number of aromatic nitrogens is 2. The van der Waals surface area contributed by atoms with Crippen LogP contribution in [-0.2, 0) is 4.79 Å². The highest BCUT2D eigenvalue weighted by atomic mass is 32.1. The zero-order chi connectivity index (χ0) is 16.7. The number of aryl methyl sites for hydroxylation is 1. The standard InChI is InChI=1S/C16H19N3O3S/c1-9-8-13(11(3)19(9)16-17-5-7-23-16)14(20)18-6-4-12(10(18)2)15(21)22/h5,7-8,10,12H,4,6H2,1-3H3,(H,21,22). The number of thiazole rings is 1. The second-order valence-electron chi connectivity index (χ2n) is 5.91. The molecule has 0 aliphatic carbocycles. The van der Waals surface area contributed by atoms with Gasteiger partial charge in [0.05, 0.1) is 11.5 Å². The summed E-state index contributed by atoms with van der Waals surface area (Å²) in [5.74, 6) is -1.42. The molecule has 6 nitrogen and oxygen atoms in total. The van der Waals surface area contributed by atoms with Crippen molar-refractivity contribution in [3.63, 3.8) is 0 Å². The van der Waals surface area contributed by atoms with Gasteiger partial charge in [0.15, 0.2) is 5.13 Å². The van der Waals surface area contributed by atoms with E-state index in [1.807, 2.05) is 36.8 Å². The second-order valence-corrected chi connectivity index (χ2v) is 6.78. The van der Waals surface area contributed by atoms with E-state index in [-0.39, 0.29) is 11.9 Å². The van der Waals surface area contributed by atoms with Gasteiger partial charge in [-0.2, -0.15) is 0 Å². The van der Waals surface area contributed by atoms with Gasteiger partial charge in [0.25, 0.3) is 5.91 Å². The van der Waals surface area contributed by atoms with Crippen molar-refractivity contribution in [1.29, 1.82) is 0 Å². The molecule has 3 rings (SSSR count). The molecule has 0 radical (unpaired) electrons. The van der Waals surface area contributed by atoms with Gasteiger partial charge in [-0.15, -0.1) is 11.3 Å². The fourth-order valence-electron chi connectivity index (χ4n) is 3.31. The summed E-state index contributed by atoms with van der Waals surface area (Å²) in [6.45, 7) is 6.14. The van der Waals surface area contributed by atoms with E-state index in [1.54, 1.807) is 11.1 Å². The van der Waals surface area contributed by atoms with Gasteiger partial charge < -0.3 is 10.0 Å². The Labute approximate surface area is 138 Å². The van der Waals surface area contributed by atoms with Crippen LogP contribution in [0.15, 0.2) is 17.6 Å². The summed E-state index contributed by atoms with van der Waals surface area (Å²) in [6.07, 6.45) is 2.24. The molecule has 0 bridgehead atoms. The third-order valence-corrected chi connectivity index (χ3v) is 5.36. The minimum absolute atomic E-state index is 0.0999. The van der Waals surface area contributed by atoms with Gasteiger partial charge in [0.2, 0.25) is 0 Å². The lowest BCUT2D eigenvalue weighted by Crippen LogP contribution is -2.37. The van der Waals surface area contributed by atoms with Crippen molar-refractivity contribution >= 4 is 23.2 Å². The summed E-state index contributed by atoms with van der Waals surface area (Å²) >= 11 is 1.52. The third kappa shape index (κ3) is 2.55. The number of carboxylic acid groups (broad SMARTS) is 1. The molecule has 122 valence electrons. The molecule has 1 fully saturated rings. The molecule has 3 heterocycles. The van der Waals surface area contributed by atoms with Crippen molar-refractivity contribution in [3.8, 4) is 5.13 Å². The van der Waals surface area contributed by atoms with Crippen LogP contribution in [0, 0.1) is 19.8 Å². The smallest absolute Gasteiger partial charge is 0.308 e. The van der Waals surface area contributed by atoms with Gasteiger partial charge in [-0.3, -0.25) is 14.2 Å². The zero-order valence-electron chi connectivity index (χ0n) is 13.3. The normalized spacial score (nSPS) is 20.9. The summed E-state index contributed by atoms with van der Waals surface area (Å²) in [6, 6.07) is 1.57. The number of hydrogen-bond donors (Lipinski definition) is 1. The van der Waals surface area contributed by atoms with E-state index < -0.39 is 11.9 Å². The third-order valence-electron chi connectivity index (χ3n) is 4.61. The van der Waals surface area contributed by atoms with Gasteiger partial charge in [-0.1, -0.05) is 0 Å². The van der Waals surface area contributed by atoms with E-state index in [2.05, 4.69) is 4.98 Å². The Kier molecular flexibility index (Phi) is 3.97. The van der Waals surface area contributed by atoms with Crippen LogP contribution < -0.4 is 0 Å². The number of amides is 1. The van der Waals surface area contributed by atoms with Crippen LogP contribution >= 0.6 is 11.3 Å². The lowest BCUT2D eigenvalue weighted by Gasteiger charge is -2.23. The number of carbonyl (C=O) groups is 2. The van der Waals surface area contributed by atoms with Crippen LogP contribution in [0.5, 0.6) is 0 Å². The maximum Gasteiger partial charge on any atom is 0.308 e. The number of likely N-dealkylation sites (tertiary alicyclic amines) is 1. The first-order chi connectivity index (χ1) is 10.9. The molecule has 0 saturated carbocycles. The molecule has 1 aliphatic rings. The number of carboxylic acids is 1. The number of rotatable bonds is 3. The average molecular weight is 333 g/mol. The Balaban J connectivity index is 1.93. The second kappa shape index (κ2) is 5.81. The van der Waals surface area contributed by atoms with Gasteiger partial charge >= 0.3 is 5.97 Å². The predicted octanol–water partition coefficient (Wildman–Crippen LogP) is 2.49. The van der Waals surface area contributed by atoms with Crippen LogP contribution in [-0.4, -0.2) is 44.0 Å². The van der Waals surface area contributed by atoms with Crippen molar-refractivity contribution in [2.45, 2.75) is 33.2 Å². The first-order valence-corrected chi connectivity index (χ1v) is 8.42. The molecule has 0 aromatic carbocycles. The van der Waals surface area contributed by atoms with E-state index in [9.17, 15) is 14.7 Å². The molecular formula is C16H19N3O3S. The van der Waals surface area contributed by atoms with E-state index in [4.69, 9.17) is 0 Å². The molecule has 2 unspecified atom stereocenters. The molecule has 2 atom stereocenters. The van der Waals surface area contributed by atoms with Crippen LogP contribution in [0.25, 0.3) is 5.13 Å². The molecule has 2 aromatic heterocycles. The summed E-state index contributed by atoms with van der Waals surface area (Å²) in [7, 11) is 0. The number of carbonyl (C=O) groups excluding carboxylic acids is 1. The fourth-order valence-corrected chi connectivity index (χ4v) is 4.06. The van der Waals surface area contributed by atoms with Gasteiger partial charge in [-0.05, 0) is 33.3 Å². The Morgan fingerprint density at radius 1 is 1.39 bits per heavy atom. The molecule has 7 heteroatoms. The van der Waals surface area contributed by atoms with Gasteiger partial charge in [0, 0.05) is 35.6 Å². The minimum atomic E-state index is -0.832. The Morgan fingerprint density at radius 3 is 2.70 bits per heavy atom. The zero-order valence-corrected chi connectivity index (χ0v) is 14.1. The quantitative estimate of drug-likeness (QED) is 0.936. The SMILES string of the molecule is Cc1cc(C(=O)N2CCC(C(=O)O)C2C)c(C)n1-c1nccs1. The first kappa shape index (κ1) is 15.7. The largest absolute Gasteiger partial charge is 0.481 e. The van der Waals surface area contributed by atoms with Gasteiger partial charge in [0.1, 0.15) is 0 Å². The molecule has 23 heavy (non-hydrogen) atoms. The van der Waals surface area contributed by atoms with Crippen molar-refractivity contribution in [2.75, 3.05) is 6.54 Å².